The van der Waals surface area contributed by atoms with Crippen LogP contribution < -0.4 is 4.74 Å². The van der Waals surface area contributed by atoms with E-state index in [9.17, 15) is 4.79 Å². The fourth-order valence-electron chi connectivity index (χ4n) is 1.80. The van der Waals surface area contributed by atoms with Gasteiger partial charge in [-0.25, -0.2) is 6.08 Å². The number of methoxy groups -OCH3 is 1. The standard InChI is InChI=1S/C13H12Br2NO2.Y/c1-16-12(6-5-10(14)13(16)17)9-4-3-8(18-2)7-11(9)15;/h3-4,7,10H,5H2,1-2H3;/q-1;. The number of rotatable bonds is 2. The molecule has 0 N–H and O–H groups in total. The summed E-state index contributed by atoms with van der Waals surface area (Å²) in [7, 11) is 3.38. The van der Waals surface area contributed by atoms with Crippen molar-refractivity contribution in [3.8, 4) is 5.75 Å². The molecular formula is C13H12Br2NO2Y-. The number of allylic oxidation sites excluding steroid dienone is 1. The molecule has 1 heterocycles. The first-order valence-electron chi connectivity index (χ1n) is 5.41. The Balaban J connectivity index is 0.00000180. The van der Waals surface area contributed by atoms with E-state index in [1.54, 1.807) is 19.1 Å². The number of ether oxygens (including phenoxy) is 1. The zero-order valence-corrected chi connectivity index (χ0v) is 16.6. The number of carbonyl (C=O) groups is 1. The van der Waals surface area contributed by atoms with Crippen molar-refractivity contribution in [2.24, 2.45) is 0 Å². The summed E-state index contributed by atoms with van der Waals surface area (Å²) in [5, 5.41) is 0. The fraction of sp³-hybridized carbons (Fsp3) is 0.308. The van der Waals surface area contributed by atoms with Crippen LogP contribution in [0, 0.1) is 6.08 Å². The molecule has 0 bridgehead atoms. The van der Waals surface area contributed by atoms with E-state index in [0.29, 0.717) is 6.42 Å². The molecule has 19 heavy (non-hydrogen) atoms. The molecule has 3 nitrogen and oxygen atoms in total. The molecule has 1 amide bonds. The van der Waals surface area contributed by atoms with Gasteiger partial charge in [-0.3, -0.25) is 4.79 Å². The van der Waals surface area contributed by atoms with Crippen LogP contribution in [0.5, 0.6) is 5.75 Å². The van der Waals surface area contributed by atoms with Gasteiger partial charge in [0.15, 0.2) is 0 Å². The molecule has 6 heteroatoms. The Labute approximate surface area is 154 Å². The summed E-state index contributed by atoms with van der Waals surface area (Å²) in [5.41, 5.74) is 1.73. The molecule has 1 atom stereocenters. The number of halogens is 2. The van der Waals surface area contributed by atoms with Crippen LogP contribution in [0.15, 0.2) is 22.7 Å². The van der Waals surface area contributed by atoms with Crippen LogP contribution in [0.25, 0.3) is 5.70 Å². The molecule has 99 valence electrons. The monoisotopic (exact) mass is 461 g/mol. The van der Waals surface area contributed by atoms with Crippen LogP contribution in [0.1, 0.15) is 12.0 Å². The summed E-state index contributed by atoms with van der Waals surface area (Å²) in [6.45, 7) is 0. The van der Waals surface area contributed by atoms with E-state index in [2.05, 4.69) is 37.9 Å². The van der Waals surface area contributed by atoms with Crippen LogP contribution in [-0.4, -0.2) is 29.8 Å². The van der Waals surface area contributed by atoms with Gasteiger partial charge in [0.1, 0.15) is 5.75 Å². The third-order valence-corrected chi connectivity index (χ3v) is 4.19. The minimum atomic E-state index is -0.178. The molecule has 1 radical (unpaired) electrons. The summed E-state index contributed by atoms with van der Waals surface area (Å²) >= 11 is 6.83. The zero-order valence-electron chi connectivity index (χ0n) is 10.6. The third-order valence-electron chi connectivity index (χ3n) is 2.81. The minimum absolute atomic E-state index is 0. The average molecular weight is 463 g/mol. The molecule has 0 spiro atoms. The zero-order chi connectivity index (χ0) is 13.3. The molecule has 1 aliphatic heterocycles. The van der Waals surface area contributed by atoms with Gasteiger partial charge in [0, 0.05) is 39.8 Å². The first-order chi connectivity index (χ1) is 8.54. The Bertz CT molecular complexity index is 519. The molecule has 2 rings (SSSR count). The average Bonchev–Trinajstić information content (AvgIpc) is 2.37. The maximum absolute atomic E-state index is 11.9. The summed E-state index contributed by atoms with van der Waals surface area (Å²) in [6, 6.07) is 5.67. The van der Waals surface area contributed by atoms with Gasteiger partial charge in [-0.05, 0) is 12.1 Å². The number of hydrogen-bond donors (Lipinski definition) is 0. The summed E-state index contributed by atoms with van der Waals surface area (Å²) < 4.78 is 6.04. The number of carbonyl (C=O) groups excluding carboxylic acids is 1. The van der Waals surface area contributed by atoms with Crippen molar-refractivity contribution in [1.29, 1.82) is 0 Å². The molecule has 1 unspecified atom stereocenters. The van der Waals surface area contributed by atoms with E-state index < -0.39 is 0 Å². The van der Waals surface area contributed by atoms with Crippen molar-refractivity contribution in [1.82, 2.24) is 4.90 Å². The van der Waals surface area contributed by atoms with Crippen molar-refractivity contribution in [2.75, 3.05) is 14.2 Å². The van der Waals surface area contributed by atoms with E-state index in [1.165, 1.54) is 0 Å². The second-order valence-electron chi connectivity index (χ2n) is 3.94. The van der Waals surface area contributed by atoms with E-state index in [4.69, 9.17) is 4.74 Å². The SMILES string of the molecule is COc1ccc(C2=[C-]CC(Br)C(=O)N2C)c(Br)c1.[Y]. The van der Waals surface area contributed by atoms with Crippen molar-refractivity contribution in [3.05, 3.63) is 34.3 Å². The van der Waals surface area contributed by atoms with Crippen LogP contribution in [0.3, 0.4) is 0 Å². The van der Waals surface area contributed by atoms with Gasteiger partial charge in [0.25, 0.3) is 0 Å². The van der Waals surface area contributed by atoms with Crippen LogP contribution in [0.4, 0.5) is 0 Å². The van der Waals surface area contributed by atoms with Gasteiger partial charge in [-0.15, -0.1) is 17.3 Å². The molecule has 1 aliphatic rings. The second kappa shape index (κ2) is 7.34. The molecule has 0 aliphatic carbocycles. The molecule has 1 aromatic rings. The van der Waals surface area contributed by atoms with Gasteiger partial charge in [-0.2, -0.15) is 0 Å². The number of nitrogens with zero attached hydrogens (tertiary/aromatic N) is 1. The summed E-state index contributed by atoms with van der Waals surface area (Å²) in [6.07, 6.45) is 3.83. The fourth-order valence-corrected chi connectivity index (χ4v) is 2.82. The predicted octanol–water partition coefficient (Wildman–Crippen LogP) is 3.22. The Morgan fingerprint density at radius 1 is 1.47 bits per heavy atom. The first-order valence-corrected chi connectivity index (χ1v) is 7.12. The van der Waals surface area contributed by atoms with Gasteiger partial charge in [0.05, 0.1) is 11.9 Å². The quantitative estimate of drug-likeness (QED) is 0.499. The van der Waals surface area contributed by atoms with Crippen LogP contribution >= 0.6 is 31.9 Å². The van der Waals surface area contributed by atoms with Crippen molar-refractivity contribution in [2.45, 2.75) is 11.2 Å². The molecule has 1 aromatic carbocycles. The normalized spacial score (nSPS) is 18.7. The summed E-state index contributed by atoms with van der Waals surface area (Å²) in [4.78, 5) is 13.4. The molecular weight excluding hydrogens is 451 g/mol. The van der Waals surface area contributed by atoms with Gasteiger partial charge < -0.3 is 9.64 Å². The Hall–Kier alpha value is 0.294. The Morgan fingerprint density at radius 2 is 2.16 bits per heavy atom. The number of amides is 1. The van der Waals surface area contributed by atoms with E-state index in [0.717, 1.165) is 21.5 Å². The van der Waals surface area contributed by atoms with E-state index in [1.807, 2.05) is 18.2 Å². The maximum Gasteiger partial charge on any atom is 0.236 e. The van der Waals surface area contributed by atoms with Crippen molar-refractivity contribution < 1.29 is 42.2 Å². The molecule has 0 saturated heterocycles. The van der Waals surface area contributed by atoms with Crippen molar-refractivity contribution >= 4 is 43.5 Å². The minimum Gasteiger partial charge on any atom is -0.497 e. The van der Waals surface area contributed by atoms with Crippen LogP contribution in [0.2, 0.25) is 0 Å². The topological polar surface area (TPSA) is 29.5 Å². The summed E-state index contributed by atoms with van der Waals surface area (Å²) in [5.74, 6) is 0.820. The molecule has 0 saturated carbocycles. The van der Waals surface area contributed by atoms with Gasteiger partial charge >= 0.3 is 0 Å². The van der Waals surface area contributed by atoms with E-state index >= 15 is 0 Å². The largest absolute Gasteiger partial charge is 0.497 e. The van der Waals surface area contributed by atoms with Crippen molar-refractivity contribution in [3.63, 3.8) is 0 Å². The third kappa shape index (κ3) is 3.69. The second-order valence-corrected chi connectivity index (χ2v) is 5.90. The number of benzene rings is 1. The first kappa shape index (κ1) is 17.3. The number of alkyl halides is 1. The smallest absolute Gasteiger partial charge is 0.236 e. The van der Waals surface area contributed by atoms with E-state index in [-0.39, 0.29) is 43.4 Å². The van der Waals surface area contributed by atoms with Crippen LogP contribution in [-0.2, 0) is 37.5 Å². The van der Waals surface area contributed by atoms with Gasteiger partial charge in [0.2, 0.25) is 5.91 Å². The Morgan fingerprint density at radius 3 is 2.74 bits per heavy atom. The number of hydrogen-bond acceptors (Lipinski definition) is 2. The molecule has 0 fully saturated rings. The molecule has 0 aromatic heterocycles. The maximum atomic E-state index is 11.9. The predicted molar refractivity (Wildman–Crippen MR) is 77.4 cm³/mol. The van der Waals surface area contributed by atoms with Gasteiger partial charge in [-0.1, -0.05) is 42.8 Å². The Kier molecular flexibility index (Phi) is 6.71.